The number of furan rings is 1. The minimum Gasteiger partial charge on any atom is -0.456 e. The highest BCUT2D eigenvalue weighted by atomic mass is 16.3. The lowest BCUT2D eigenvalue weighted by Gasteiger charge is -2.13. The van der Waals surface area contributed by atoms with Crippen LogP contribution in [-0.2, 0) is 0 Å². The molecule has 0 bridgehead atoms. The van der Waals surface area contributed by atoms with Gasteiger partial charge in [-0.05, 0) is 103 Å². The van der Waals surface area contributed by atoms with E-state index in [0.29, 0.717) is 17.5 Å². The van der Waals surface area contributed by atoms with E-state index >= 15 is 0 Å². The Morgan fingerprint density at radius 2 is 0.662 bits per heavy atom. The second-order valence-electron chi connectivity index (χ2n) is 16.4. The highest BCUT2D eigenvalue weighted by Gasteiger charge is 2.17. The molecule has 0 fully saturated rings. The molecule has 0 radical (unpaired) electrons. The average Bonchev–Trinajstić information content (AvgIpc) is 3.77. The Bertz CT molecular complexity index is 3690. The van der Waals surface area contributed by atoms with Crippen LogP contribution in [0.4, 0.5) is 0 Å². The summed E-state index contributed by atoms with van der Waals surface area (Å²) in [4.78, 5) is 15.4. The quantitative estimate of drug-likeness (QED) is 0.153. The van der Waals surface area contributed by atoms with Crippen LogP contribution in [0.5, 0.6) is 0 Å². The standard InChI is InChI=1S/C61H39N3O/c1-3-12-40(13-4-1)41-22-28-45(29-23-41)59-62-60(64-61(63-59)56-20-8-7-18-53(56)44-14-5-2-6-15-44)46-30-24-42(25-31-46)49-32-26-43-27-33-50(38-52(43)37-49)47-16-11-17-48(36-47)51-34-35-55-54-19-9-10-21-57(54)65-58(55)39-51/h1-39H. The van der Waals surface area contributed by atoms with Crippen LogP contribution in [0.25, 0.3) is 123 Å². The van der Waals surface area contributed by atoms with Gasteiger partial charge in [0, 0.05) is 27.5 Å². The molecule has 12 rings (SSSR count). The van der Waals surface area contributed by atoms with Crippen LogP contribution in [0.1, 0.15) is 0 Å². The van der Waals surface area contributed by atoms with Crippen molar-refractivity contribution in [3.05, 3.63) is 237 Å². The third kappa shape index (κ3) is 7.33. The first-order chi connectivity index (χ1) is 32.2. The van der Waals surface area contributed by atoms with Gasteiger partial charge in [0.2, 0.25) is 0 Å². The molecule has 304 valence electrons. The molecule has 2 aromatic heterocycles. The maximum atomic E-state index is 6.22. The van der Waals surface area contributed by atoms with Gasteiger partial charge in [0.1, 0.15) is 11.2 Å². The van der Waals surface area contributed by atoms with Gasteiger partial charge in [-0.1, -0.05) is 200 Å². The predicted molar refractivity (Wildman–Crippen MR) is 268 cm³/mol. The predicted octanol–water partition coefficient (Wildman–Crippen LogP) is 16.3. The van der Waals surface area contributed by atoms with Gasteiger partial charge in [-0.3, -0.25) is 0 Å². The number of hydrogen-bond donors (Lipinski definition) is 0. The number of fused-ring (bicyclic) bond motifs is 4. The van der Waals surface area contributed by atoms with Gasteiger partial charge in [0.25, 0.3) is 0 Å². The fourth-order valence-corrected chi connectivity index (χ4v) is 8.95. The summed E-state index contributed by atoms with van der Waals surface area (Å²) in [5.74, 6) is 1.87. The van der Waals surface area contributed by atoms with E-state index in [1.54, 1.807) is 0 Å². The van der Waals surface area contributed by atoms with Crippen molar-refractivity contribution in [3.63, 3.8) is 0 Å². The number of benzene rings is 10. The van der Waals surface area contributed by atoms with E-state index in [9.17, 15) is 0 Å². The molecule has 0 N–H and O–H groups in total. The van der Waals surface area contributed by atoms with Crippen LogP contribution in [0.2, 0.25) is 0 Å². The molecule has 0 aliphatic rings. The van der Waals surface area contributed by atoms with Crippen molar-refractivity contribution in [1.82, 2.24) is 15.0 Å². The van der Waals surface area contributed by atoms with E-state index in [2.05, 4.69) is 206 Å². The lowest BCUT2D eigenvalue weighted by molar-refractivity contribution is 0.669. The van der Waals surface area contributed by atoms with Crippen molar-refractivity contribution in [3.8, 4) is 89.8 Å². The highest BCUT2D eigenvalue weighted by molar-refractivity contribution is 6.06. The first kappa shape index (κ1) is 38.0. The second kappa shape index (κ2) is 16.2. The zero-order valence-electron chi connectivity index (χ0n) is 35.3. The molecule has 12 aromatic rings. The minimum atomic E-state index is 0.620. The van der Waals surface area contributed by atoms with Crippen LogP contribution in [0, 0.1) is 0 Å². The van der Waals surface area contributed by atoms with Crippen LogP contribution in [0.15, 0.2) is 241 Å². The van der Waals surface area contributed by atoms with Crippen molar-refractivity contribution in [2.45, 2.75) is 0 Å². The van der Waals surface area contributed by atoms with E-state index in [1.165, 1.54) is 27.5 Å². The van der Waals surface area contributed by atoms with E-state index in [-0.39, 0.29) is 0 Å². The third-order valence-electron chi connectivity index (χ3n) is 12.4. The minimum absolute atomic E-state index is 0.620. The van der Waals surface area contributed by atoms with Gasteiger partial charge in [-0.25, -0.2) is 15.0 Å². The normalized spacial score (nSPS) is 11.4. The lowest BCUT2D eigenvalue weighted by Crippen LogP contribution is -2.01. The summed E-state index contributed by atoms with van der Waals surface area (Å²) in [5.41, 5.74) is 16.0. The summed E-state index contributed by atoms with van der Waals surface area (Å²) >= 11 is 0. The van der Waals surface area contributed by atoms with E-state index in [1.807, 2.05) is 30.3 Å². The van der Waals surface area contributed by atoms with Crippen molar-refractivity contribution >= 4 is 32.7 Å². The van der Waals surface area contributed by atoms with E-state index in [4.69, 9.17) is 19.4 Å². The monoisotopic (exact) mass is 829 g/mol. The highest BCUT2D eigenvalue weighted by Crippen LogP contribution is 2.37. The second-order valence-corrected chi connectivity index (χ2v) is 16.4. The lowest BCUT2D eigenvalue weighted by atomic mass is 9.95. The summed E-state index contributed by atoms with van der Waals surface area (Å²) in [5, 5.41) is 4.65. The van der Waals surface area contributed by atoms with Crippen LogP contribution in [-0.4, -0.2) is 15.0 Å². The molecular weight excluding hydrogens is 791 g/mol. The van der Waals surface area contributed by atoms with Gasteiger partial charge >= 0.3 is 0 Å². The Kier molecular flexibility index (Phi) is 9.46. The van der Waals surface area contributed by atoms with E-state index in [0.717, 1.165) is 77.6 Å². The maximum Gasteiger partial charge on any atom is 0.164 e. The molecule has 0 amide bonds. The van der Waals surface area contributed by atoms with Crippen molar-refractivity contribution in [1.29, 1.82) is 0 Å². The molecule has 0 unspecified atom stereocenters. The average molecular weight is 830 g/mol. The number of nitrogens with zero attached hydrogens (tertiary/aromatic N) is 3. The summed E-state index contributed by atoms with van der Waals surface area (Å²) in [6, 6.07) is 83.1. The smallest absolute Gasteiger partial charge is 0.164 e. The molecule has 0 aliphatic heterocycles. The summed E-state index contributed by atoms with van der Waals surface area (Å²) in [6.07, 6.45) is 0. The summed E-state index contributed by atoms with van der Waals surface area (Å²) in [6.45, 7) is 0. The zero-order chi connectivity index (χ0) is 43.1. The van der Waals surface area contributed by atoms with Gasteiger partial charge in [0.05, 0.1) is 0 Å². The molecule has 0 saturated heterocycles. The number of aromatic nitrogens is 3. The number of hydrogen-bond acceptors (Lipinski definition) is 4. The Hall–Kier alpha value is -8.73. The van der Waals surface area contributed by atoms with Gasteiger partial charge in [-0.15, -0.1) is 0 Å². The van der Waals surface area contributed by atoms with Crippen LogP contribution in [0.3, 0.4) is 0 Å². The van der Waals surface area contributed by atoms with Crippen molar-refractivity contribution < 1.29 is 4.42 Å². The molecule has 2 heterocycles. The fourth-order valence-electron chi connectivity index (χ4n) is 8.95. The first-order valence-corrected chi connectivity index (χ1v) is 21.9. The van der Waals surface area contributed by atoms with Gasteiger partial charge in [0.15, 0.2) is 17.5 Å². The Morgan fingerprint density at radius 3 is 1.34 bits per heavy atom. The third-order valence-corrected chi connectivity index (χ3v) is 12.4. The summed E-state index contributed by atoms with van der Waals surface area (Å²) in [7, 11) is 0. The zero-order valence-corrected chi connectivity index (χ0v) is 35.3. The largest absolute Gasteiger partial charge is 0.456 e. The SMILES string of the molecule is c1ccc(-c2ccc(-c3nc(-c4ccc(-c5ccc6ccc(-c7cccc(-c8ccc9c(c8)oc8ccccc89)c7)cc6c5)cc4)nc(-c4ccccc4-c4ccccc4)n3)cc2)cc1. The van der Waals surface area contributed by atoms with Crippen molar-refractivity contribution in [2.24, 2.45) is 0 Å². The molecular formula is C61H39N3O. The van der Waals surface area contributed by atoms with Crippen molar-refractivity contribution in [2.75, 3.05) is 0 Å². The Labute approximate surface area is 376 Å². The molecule has 4 heteroatoms. The molecule has 10 aromatic carbocycles. The Morgan fingerprint density at radius 1 is 0.231 bits per heavy atom. The van der Waals surface area contributed by atoms with Gasteiger partial charge < -0.3 is 4.42 Å². The summed E-state index contributed by atoms with van der Waals surface area (Å²) < 4.78 is 6.22. The van der Waals surface area contributed by atoms with Crippen LogP contribution >= 0.6 is 0 Å². The maximum absolute atomic E-state index is 6.22. The van der Waals surface area contributed by atoms with E-state index < -0.39 is 0 Å². The molecule has 4 nitrogen and oxygen atoms in total. The number of rotatable bonds is 8. The molecule has 0 saturated carbocycles. The van der Waals surface area contributed by atoms with Crippen LogP contribution < -0.4 is 0 Å². The first-order valence-electron chi connectivity index (χ1n) is 21.9. The topological polar surface area (TPSA) is 51.8 Å². The molecule has 65 heavy (non-hydrogen) atoms. The molecule has 0 spiro atoms. The molecule has 0 atom stereocenters. The number of para-hydroxylation sites is 1. The fraction of sp³-hybridized carbons (Fsp3) is 0. The Balaban J connectivity index is 0.874. The molecule has 0 aliphatic carbocycles. The van der Waals surface area contributed by atoms with Gasteiger partial charge in [-0.2, -0.15) is 0 Å².